The molecule has 104 valence electrons. The highest BCUT2D eigenvalue weighted by Gasteiger charge is 2.25. The van der Waals surface area contributed by atoms with Crippen LogP contribution in [-0.2, 0) is 4.74 Å². The average molecular weight is 243 g/mol. The molecule has 0 aliphatic rings. The zero-order valence-corrected chi connectivity index (χ0v) is 12.5. The van der Waals surface area contributed by atoms with Gasteiger partial charge >= 0.3 is 0 Å². The lowest BCUT2D eigenvalue weighted by Crippen LogP contribution is -2.35. The number of rotatable bonds is 12. The summed E-state index contributed by atoms with van der Waals surface area (Å²) in [6.45, 7) is 13.2. The molecule has 0 atom stereocenters. The molecular weight excluding hydrogens is 210 g/mol. The fraction of sp³-hybridized carbons (Fsp3) is 1.00. The molecule has 1 N–H and O–H groups in total. The second kappa shape index (κ2) is 11.0. The van der Waals surface area contributed by atoms with Gasteiger partial charge in [-0.1, -0.05) is 34.1 Å². The summed E-state index contributed by atoms with van der Waals surface area (Å²) < 4.78 is 5.71. The van der Waals surface area contributed by atoms with Crippen molar-refractivity contribution in [1.82, 2.24) is 5.32 Å². The molecule has 0 aliphatic heterocycles. The fourth-order valence-corrected chi connectivity index (χ4v) is 2.11. The topological polar surface area (TPSA) is 21.3 Å². The molecule has 0 spiro atoms. The first kappa shape index (κ1) is 16.9. The lowest BCUT2D eigenvalue weighted by atomic mass is 9.79. The van der Waals surface area contributed by atoms with Gasteiger partial charge in [-0.05, 0) is 44.1 Å². The van der Waals surface area contributed by atoms with E-state index in [1.165, 1.54) is 38.5 Å². The monoisotopic (exact) mass is 243 g/mol. The Labute approximate surface area is 109 Å². The third-order valence-corrected chi connectivity index (χ3v) is 3.85. The lowest BCUT2D eigenvalue weighted by Gasteiger charge is -2.32. The first-order valence-electron chi connectivity index (χ1n) is 7.53. The summed E-state index contributed by atoms with van der Waals surface area (Å²) >= 11 is 0. The van der Waals surface area contributed by atoms with Crippen LogP contribution in [0.15, 0.2) is 0 Å². The Bertz CT molecular complexity index is 155. The molecule has 0 fully saturated rings. The molecule has 0 saturated carbocycles. The molecule has 0 aromatic rings. The van der Waals surface area contributed by atoms with Crippen LogP contribution in [0.4, 0.5) is 0 Å². The van der Waals surface area contributed by atoms with Gasteiger partial charge in [0, 0.05) is 19.8 Å². The van der Waals surface area contributed by atoms with Gasteiger partial charge in [0.25, 0.3) is 0 Å². The van der Waals surface area contributed by atoms with Crippen molar-refractivity contribution in [2.24, 2.45) is 5.41 Å². The van der Waals surface area contributed by atoms with Crippen molar-refractivity contribution in [3.8, 4) is 0 Å². The van der Waals surface area contributed by atoms with Crippen molar-refractivity contribution < 1.29 is 4.74 Å². The van der Waals surface area contributed by atoms with Crippen LogP contribution in [0.2, 0.25) is 0 Å². The number of ether oxygens (including phenoxy) is 1. The third kappa shape index (κ3) is 7.77. The Morgan fingerprint density at radius 3 is 2.18 bits per heavy atom. The molecule has 0 aromatic heterocycles. The van der Waals surface area contributed by atoms with Crippen LogP contribution < -0.4 is 5.32 Å². The maximum Gasteiger partial charge on any atom is 0.0471 e. The summed E-state index contributed by atoms with van der Waals surface area (Å²) in [7, 11) is 0. The largest absolute Gasteiger partial charge is 0.381 e. The molecule has 0 radical (unpaired) electrons. The molecule has 17 heavy (non-hydrogen) atoms. The quantitative estimate of drug-likeness (QED) is 0.523. The van der Waals surface area contributed by atoms with Crippen LogP contribution in [0.5, 0.6) is 0 Å². The van der Waals surface area contributed by atoms with Crippen LogP contribution >= 0.6 is 0 Å². The molecule has 0 heterocycles. The average Bonchev–Trinajstić information content (AvgIpc) is 2.37. The van der Waals surface area contributed by atoms with Gasteiger partial charge in [-0.15, -0.1) is 0 Å². The van der Waals surface area contributed by atoms with E-state index in [-0.39, 0.29) is 0 Å². The maximum atomic E-state index is 5.71. The van der Waals surface area contributed by atoms with Gasteiger partial charge in [-0.2, -0.15) is 0 Å². The van der Waals surface area contributed by atoms with Gasteiger partial charge in [0.05, 0.1) is 0 Å². The smallest absolute Gasteiger partial charge is 0.0471 e. The van der Waals surface area contributed by atoms with Crippen molar-refractivity contribution in [1.29, 1.82) is 0 Å². The van der Waals surface area contributed by atoms with Gasteiger partial charge in [0.15, 0.2) is 0 Å². The summed E-state index contributed by atoms with van der Waals surface area (Å²) in [5.41, 5.74) is 0.446. The van der Waals surface area contributed by atoms with Gasteiger partial charge in [0.1, 0.15) is 0 Å². The van der Waals surface area contributed by atoms with E-state index in [4.69, 9.17) is 4.74 Å². The molecule has 2 nitrogen and oxygen atoms in total. The summed E-state index contributed by atoms with van der Waals surface area (Å²) in [6.07, 6.45) is 7.33. The number of hydrogen-bond donors (Lipinski definition) is 1. The molecule has 0 saturated heterocycles. The highest BCUT2D eigenvalue weighted by atomic mass is 16.5. The van der Waals surface area contributed by atoms with E-state index in [1.54, 1.807) is 0 Å². The highest BCUT2D eigenvalue weighted by molar-refractivity contribution is 4.79. The standard InChI is InChI=1S/C15H33NO/c1-5-9-12-17-13-10-15(7-3,8-4)14-16-11-6-2/h16H,5-14H2,1-4H3. The minimum absolute atomic E-state index is 0.446. The Morgan fingerprint density at radius 2 is 1.65 bits per heavy atom. The van der Waals surface area contributed by atoms with E-state index < -0.39 is 0 Å². The SMILES string of the molecule is CCCCOCCC(CC)(CC)CNCCC. The second-order valence-corrected chi connectivity index (χ2v) is 5.10. The highest BCUT2D eigenvalue weighted by Crippen LogP contribution is 2.29. The van der Waals surface area contributed by atoms with Crippen LogP contribution in [-0.4, -0.2) is 26.3 Å². The Hall–Kier alpha value is -0.0800. The normalized spacial score (nSPS) is 12.0. The van der Waals surface area contributed by atoms with Gasteiger partial charge in [-0.3, -0.25) is 0 Å². The maximum absolute atomic E-state index is 5.71. The van der Waals surface area contributed by atoms with Crippen molar-refractivity contribution in [3.63, 3.8) is 0 Å². The number of unbranched alkanes of at least 4 members (excludes halogenated alkanes) is 1. The van der Waals surface area contributed by atoms with E-state index in [9.17, 15) is 0 Å². The van der Waals surface area contributed by atoms with Crippen molar-refractivity contribution in [2.45, 2.75) is 66.2 Å². The summed E-state index contributed by atoms with van der Waals surface area (Å²) in [4.78, 5) is 0. The zero-order valence-electron chi connectivity index (χ0n) is 12.5. The predicted molar refractivity (Wildman–Crippen MR) is 76.5 cm³/mol. The Kier molecular flexibility index (Phi) is 11.0. The van der Waals surface area contributed by atoms with Crippen LogP contribution in [0, 0.1) is 5.41 Å². The molecule has 2 heteroatoms. The first-order chi connectivity index (χ1) is 8.24. The molecule has 0 aromatic carbocycles. The van der Waals surface area contributed by atoms with E-state index in [2.05, 4.69) is 33.0 Å². The second-order valence-electron chi connectivity index (χ2n) is 5.10. The number of nitrogens with one attached hydrogen (secondary N) is 1. The molecule has 0 unspecified atom stereocenters. The Morgan fingerprint density at radius 1 is 0.941 bits per heavy atom. The van der Waals surface area contributed by atoms with Crippen LogP contribution in [0.3, 0.4) is 0 Å². The molecule has 0 rings (SSSR count). The van der Waals surface area contributed by atoms with Gasteiger partial charge < -0.3 is 10.1 Å². The van der Waals surface area contributed by atoms with Gasteiger partial charge in [-0.25, -0.2) is 0 Å². The van der Waals surface area contributed by atoms with Crippen LogP contribution in [0.1, 0.15) is 66.2 Å². The third-order valence-electron chi connectivity index (χ3n) is 3.85. The zero-order chi connectivity index (χ0) is 13.0. The minimum Gasteiger partial charge on any atom is -0.381 e. The van der Waals surface area contributed by atoms with Crippen molar-refractivity contribution in [2.75, 3.05) is 26.3 Å². The van der Waals surface area contributed by atoms with E-state index >= 15 is 0 Å². The molecule has 0 aliphatic carbocycles. The number of hydrogen-bond acceptors (Lipinski definition) is 2. The summed E-state index contributed by atoms with van der Waals surface area (Å²) in [5, 5.41) is 3.57. The minimum atomic E-state index is 0.446. The molecule has 0 bridgehead atoms. The fourth-order valence-electron chi connectivity index (χ4n) is 2.11. The van der Waals surface area contributed by atoms with Gasteiger partial charge in [0.2, 0.25) is 0 Å². The molecular formula is C15H33NO. The molecule has 0 amide bonds. The summed E-state index contributed by atoms with van der Waals surface area (Å²) in [6, 6.07) is 0. The van der Waals surface area contributed by atoms with Crippen molar-refractivity contribution in [3.05, 3.63) is 0 Å². The predicted octanol–water partition coefficient (Wildman–Crippen LogP) is 4.00. The summed E-state index contributed by atoms with van der Waals surface area (Å²) in [5.74, 6) is 0. The lowest BCUT2D eigenvalue weighted by molar-refractivity contribution is 0.0862. The van der Waals surface area contributed by atoms with E-state index in [1.807, 2.05) is 0 Å². The van der Waals surface area contributed by atoms with Crippen LogP contribution in [0.25, 0.3) is 0 Å². The van der Waals surface area contributed by atoms with Crippen molar-refractivity contribution >= 4 is 0 Å². The van der Waals surface area contributed by atoms with E-state index in [0.717, 1.165) is 26.3 Å². The Balaban J connectivity index is 3.85. The van der Waals surface area contributed by atoms with E-state index in [0.29, 0.717) is 5.41 Å². The first-order valence-corrected chi connectivity index (χ1v) is 7.53.